The first-order chi connectivity index (χ1) is 9.72. The molecule has 100 valence electrons. The van der Waals surface area contributed by atoms with Crippen LogP contribution in [0.4, 0.5) is 5.69 Å². The molecule has 0 saturated carbocycles. The molecule has 0 fully saturated rings. The van der Waals surface area contributed by atoms with E-state index in [1.54, 1.807) is 35.7 Å². The van der Waals surface area contributed by atoms with Gasteiger partial charge in [0.25, 0.3) is 11.8 Å². The first-order valence-electron chi connectivity index (χ1n) is 5.86. The molecule has 2 rings (SSSR count). The topological polar surface area (TPSA) is 58.2 Å². The SMILES string of the molecule is C#CCNC(=O)c1ccccc1NC(=O)c1ccsc1. The van der Waals surface area contributed by atoms with Crippen molar-refractivity contribution in [1.82, 2.24) is 5.32 Å². The van der Waals surface area contributed by atoms with Gasteiger partial charge in [-0.05, 0) is 23.6 Å². The van der Waals surface area contributed by atoms with Crippen LogP contribution in [0.1, 0.15) is 20.7 Å². The number of hydrogen-bond acceptors (Lipinski definition) is 3. The van der Waals surface area contributed by atoms with Crippen LogP contribution in [0.25, 0.3) is 0 Å². The molecule has 1 heterocycles. The van der Waals surface area contributed by atoms with Crippen LogP contribution in [0, 0.1) is 12.3 Å². The van der Waals surface area contributed by atoms with Crippen LogP contribution < -0.4 is 10.6 Å². The molecule has 1 aromatic carbocycles. The fourth-order valence-electron chi connectivity index (χ4n) is 1.60. The van der Waals surface area contributed by atoms with Crippen molar-refractivity contribution < 1.29 is 9.59 Å². The zero-order chi connectivity index (χ0) is 14.4. The van der Waals surface area contributed by atoms with E-state index in [0.29, 0.717) is 16.8 Å². The zero-order valence-corrected chi connectivity index (χ0v) is 11.4. The summed E-state index contributed by atoms with van der Waals surface area (Å²) in [6, 6.07) is 8.51. The number of carbonyl (C=O) groups excluding carboxylic acids is 2. The number of hydrogen-bond donors (Lipinski definition) is 2. The highest BCUT2D eigenvalue weighted by molar-refractivity contribution is 7.08. The number of amides is 2. The summed E-state index contributed by atoms with van der Waals surface area (Å²) in [7, 11) is 0. The first-order valence-corrected chi connectivity index (χ1v) is 6.81. The van der Waals surface area contributed by atoms with Gasteiger partial charge in [0.1, 0.15) is 0 Å². The van der Waals surface area contributed by atoms with Crippen LogP contribution in [0.5, 0.6) is 0 Å². The minimum Gasteiger partial charge on any atom is -0.341 e. The summed E-state index contributed by atoms with van der Waals surface area (Å²) in [5, 5.41) is 8.86. The van der Waals surface area contributed by atoms with Gasteiger partial charge in [-0.15, -0.1) is 6.42 Å². The molecule has 0 bridgehead atoms. The van der Waals surface area contributed by atoms with E-state index in [0.717, 1.165) is 0 Å². The standard InChI is InChI=1S/C15H12N2O2S/c1-2-8-16-15(19)12-5-3-4-6-13(12)17-14(18)11-7-9-20-10-11/h1,3-7,9-10H,8H2,(H,16,19)(H,17,18). The zero-order valence-electron chi connectivity index (χ0n) is 10.6. The van der Waals surface area contributed by atoms with Gasteiger partial charge in [0.15, 0.2) is 0 Å². The summed E-state index contributed by atoms with van der Waals surface area (Å²) >= 11 is 1.44. The molecule has 1 aromatic heterocycles. The van der Waals surface area contributed by atoms with E-state index >= 15 is 0 Å². The largest absolute Gasteiger partial charge is 0.341 e. The highest BCUT2D eigenvalue weighted by Gasteiger charge is 2.13. The highest BCUT2D eigenvalue weighted by Crippen LogP contribution is 2.17. The maximum absolute atomic E-state index is 12.0. The van der Waals surface area contributed by atoms with Gasteiger partial charge >= 0.3 is 0 Å². The van der Waals surface area contributed by atoms with E-state index in [1.807, 2.05) is 5.38 Å². The van der Waals surface area contributed by atoms with Crippen LogP contribution in [0.15, 0.2) is 41.1 Å². The van der Waals surface area contributed by atoms with Crippen molar-refractivity contribution >= 4 is 28.8 Å². The van der Waals surface area contributed by atoms with Gasteiger partial charge in [0.05, 0.1) is 23.4 Å². The molecule has 2 amide bonds. The second kappa shape index (κ2) is 6.55. The number of para-hydroxylation sites is 1. The Hall–Kier alpha value is -2.58. The molecular formula is C15H12N2O2S. The average molecular weight is 284 g/mol. The van der Waals surface area contributed by atoms with Gasteiger partial charge < -0.3 is 10.6 Å². The van der Waals surface area contributed by atoms with E-state index in [-0.39, 0.29) is 18.4 Å². The third-order valence-electron chi connectivity index (χ3n) is 2.55. The van der Waals surface area contributed by atoms with Crippen LogP contribution in [-0.4, -0.2) is 18.4 Å². The second-order valence-electron chi connectivity index (χ2n) is 3.90. The van der Waals surface area contributed by atoms with Crippen LogP contribution in [0.3, 0.4) is 0 Å². The summed E-state index contributed by atoms with van der Waals surface area (Å²) in [5.74, 6) is 1.77. The Morgan fingerprint density at radius 2 is 2.00 bits per heavy atom. The molecule has 0 unspecified atom stereocenters. The summed E-state index contributed by atoms with van der Waals surface area (Å²) in [4.78, 5) is 23.9. The normalized spacial score (nSPS) is 9.55. The van der Waals surface area contributed by atoms with Crippen molar-refractivity contribution in [2.45, 2.75) is 0 Å². The molecule has 5 heteroatoms. The monoisotopic (exact) mass is 284 g/mol. The van der Waals surface area contributed by atoms with Crippen LogP contribution >= 0.6 is 11.3 Å². The summed E-state index contributed by atoms with van der Waals surface area (Å²) in [6.07, 6.45) is 5.10. The third-order valence-corrected chi connectivity index (χ3v) is 3.24. The maximum atomic E-state index is 12.0. The average Bonchev–Trinajstić information content (AvgIpc) is 2.99. The van der Waals surface area contributed by atoms with Crippen molar-refractivity contribution in [3.05, 3.63) is 52.2 Å². The van der Waals surface area contributed by atoms with E-state index in [1.165, 1.54) is 11.3 Å². The predicted molar refractivity (Wildman–Crippen MR) is 79.9 cm³/mol. The number of benzene rings is 1. The Balaban J connectivity index is 2.18. The van der Waals surface area contributed by atoms with E-state index in [2.05, 4.69) is 16.6 Å². The quantitative estimate of drug-likeness (QED) is 0.847. The molecule has 0 atom stereocenters. The molecule has 20 heavy (non-hydrogen) atoms. The van der Waals surface area contributed by atoms with Gasteiger partial charge in [-0.25, -0.2) is 0 Å². The van der Waals surface area contributed by atoms with Crippen molar-refractivity contribution in [2.24, 2.45) is 0 Å². The lowest BCUT2D eigenvalue weighted by molar-refractivity contribution is 0.0959. The van der Waals surface area contributed by atoms with E-state index in [4.69, 9.17) is 6.42 Å². The molecule has 2 aromatic rings. The smallest absolute Gasteiger partial charge is 0.256 e. The molecule has 4 nitrogen and oxygen atoms in total. The van der Waals surface area contributed by atoms with Gasteiger partial charge in [-0.3, -0.25) is 9.59 Å². The Labute approximate surface area is 120 Å². The molecule has 0 aliphatic rings. The van der Waals surface area contributed by atoms with Crippen molar-refractivity contribution in [3.63, 3.8) is 0 Å². The molecule has 0 saturated heterocycles. The fourth-order valence-corrected chi connectivity index (χ4v) is 2.24. The second-order valence-corrected chi connectivity index (χ2v) is 4.68. The molecular weight excluding hydrogens is 272 g/mol. The van der Waals surface area contributed by atoms with Gasteiger partial charge in [-0.1, -0.05) is 18.1 Å². The van der Waals surface area contributed by atoms with Crippen molar-refractivity contribution in [1.29, 1.82) is 0 Å². The summed E-state index contributed by atoms with van der Waals surface area (Å²) in [6.45, 7) is 0.144. The number of thiophene rings is 1. The minimum atomic E-state index is -0.316. The Morgan fingerprint density at radius 3 is 2.70 bits per heavy atom. The molecule has 0 spiro atoms. The number of rotatable bonds is 4. The van der Waals surface area contributed by atoms with Crippen molar-refractivity contribution in [3.8, 4) is 12.3 Å². The summed E-state index contributed by atoms with van der Waals surface area (Å²) < 4.78 is 0. The van der Waals surface area contributed by atoms with Gasteiger partial charge in [0, 0.05) is 5.38 Å². The molecule has 0 radical (unpaired) electrons. The molecule has 0 aliphatic heterocycles. The molecule has 2 N–H and O–H groups in total. The van der Waals surface area contributed by atoms with Gasteiger partial charge in [0.2, 0.25) is 0 Å². The number of anilines is 1. The predicted octanol–water partition coefficient (Wildman–Crippen LogP) is 2.36. The minimum absolute atomic E-state index is 0.144. The first kappa shape index (κ1) is 13.8. The number of nitrogens with one attached hydrogen (secondary N) is 2. The highest BCUT2D eigenvalue weighted by atomic mass is 32.1. The lowest BCUT2D eigenvalue weighted by Crippen LogP contribution is -2.25. The van der Waals surface area contributed by atoms with E-state index < -0.39 is 0 Å². The number of carbonyl (C=O) groups is 2. The maximum Gasteiger partial charge on any atom is 0.256 e. The Bertz CT molecular complexity index is 657. The lowest BCUT2D eigenvalue weighted by atomic mass is 10.1. The van der Waals surface area contributed by atoms with Crippen molar-refractivity contribution in [2.75, 3.05) is 11.9 Å². The van der Waals surface area contributed by atoms with Crippen LogP contribution in [-0.2, 0) is 0 Å². The third kappa shape index (κ3) is 3.25. The van der Waals surface area contributed by atoms with E-state index in [9.17, 15) is 9.59 Å². The number of terminal acetylenes is 1. The molecule has 0 aliphatic carbocycles. The summed E-state index contributed by atoms with van der Waals surface area (Å²) in [5.41, 5.74) is 1.40. The fraction of sp³-hybridized carbons (Fsp3) is 0.0667. The van der Waals surface area contributed by atoms with Gasteiger partial charge in [-0.2, -0.15) is 11.3 Å². The Kier molecular flexibility index (Phi) is 4.53. The van der Waals surface area contributed by atoms with Crippen LogP contribution in [0.2, 0.25) is 0 Å². The lowest BCUT2D eigenvalue weighted by Gasteiger charge is -2.09. The Morgan fingerprint density at radius 1 is 1.20 bits per heavy atom.